The van der Waals surface area contributed by atoms with E-state index in [9.17, 15) is 13.2 Å². The fourth-order valence-corrected chi connectivity index (χ4v) is 3.89. The summed E-state index contributed by atoms with van der Waals surface area (Å²) in [4.78, 5) is 11.5. The largest absolute Gasteiger partial charge is 0.482 e. The molecule has 1 heterocycles. The van der Waals surface area contributed by atoms with E-state index in [1.807, 2.05) is 0 Å². The molecule has 0 N–H and O–H groups in total. The molecule has 1 aromatic rings. The highest BCUT2D eigenvalue weighted by Crippen LogP contribution is 2.24. The van der Waals surface area contributed by atoms with Gasteiger partial charge in [0.1, 0.15) is 5.75 Å². The highest BCUT2D eigenvalue weighted by Gasteiger charge is 2.27. The Balaban J connectivity index is 2.11. The van der Waals surface area contributed by atoms with Gasteiger partial charge in [0.15, 0.2) is 6.61 Å². The molecule has 0 unspecified atom stereocenters. The Morgan fingerprint density at radius 3 is 2.61 bits per heavy atom. The van der Waals surface area contributed by atoms with Gasteiger partial charge in [0, 0.05) is 13.1 Å². The average Bonchev–Trinajstić information content (AvgIpc) is 2.54. The van der Waals surface area contributed by atoms with E-state index in [2.05, 4.69) is 0 Å². The topological polar surface area (TPSA) is 82.1 Å². The smallest absolute Gasteiger partial charge is 0.344 e. The third-order valence-electron chi connectivity index (χ3n) is 3.40. The molecule has 1 fully saturated rings. The zero-order valence-electron chi connectivity index (χ0n) is 13.3. The van der Waals surface area contributed by atoms with Crippen molar-refractivity contribution in [1.82, 2.24) is 4.31 Å². The first-order valence-corrected chi connectivity index (χ1v) is 8.86. The summed E-state index contributed by atoms with van der Waals surface area (Å²) in [6.07, 6.45) is 0. The minimum atomic E-state index is -3.54. The zero-order chi connectivity index (χ0) is 16.9. The van der Waals surface area contributed by atoms with Crippen LogP contribution in [0.4, 0.5) is 0 Å². The Kier molecular flexibility index (Phi) is 5.97. The number of aryl methyl sites for hydroxylation is 1. The molecule has 1 aliphatic rings. The van der Waals surface area contributed by atoms with Crippen LogP contribution >= 0.6 is 0 Å². The predicted molar refractivity (Wildman–Crippen MR) is 82.9 cm³/mol. The third kappa shape index (κ3) is 4.43. The van der Waals surface area contributed by atoms with E-state index in [-0.39, 0.29) is 18.1 Å². The summed E-state index contributed by atoms with van der Waals surface area (Å²) in [5.74, 6) is -0.0355. The number of benzene rings is 1. The number of carbonyl (C=O) groups excluding carboxylic acids is 1. The highest BCUT2D eigenvalue weighted by atomic mass is 32.2. The first-order valence-electron chi connectivity index (χ1n) is 7.42. The second-order valence-electron chi connectivity index (χ2n) is 5.04. The van der Waals surface area contributed by atoms with Gasteiger partial charge < -0.3 is 14.2 Å². The monoisotopic (exact) mass is 343 g/mol. The number of nitrogens with zero attached hydrogens (tertiary/aromatic N) is 1. The van der Waals surface area contributed by atoms with Crippen molar-refractivity contribution in [2.45, 2.75) is 18.7 Å². The van der Waals surface area contributed by atoms with Gasteiger partial charge in [-0.05, 0) is 37.6 Å². The van der Waals surface area contributed by atoms with Crippen LogP contribution in [-0.4, -0.2) is 58.2 Å². The molecular formula is C15H21NO6S. The molecule has 0 radical (unpaired) electrons. The first kappa shape index (κ1) is 17.7. The SMILES string of the molecule is CCOC(=O)COc1ccc(S(=O)(=O)N2CCOCC2)c(C)c1. The summed E-state index contributed by atoms with van der Waals surface area (Å²) in [7, 11) is -3.54. The molecule has 0 aromatic heterocycles. The molecule has 0 amide bonds. The molecule has 0 bridgehead atoms. The van der Waals surface area contributed by atoms with Crippen LogP contribution in [0, 0.1) is 6.92 Å². The van der Waals surface area contributed by atoms with Crippen molar-refractivity contribution in [1.29, 1.82) is 0 Å². The minimum Gasteiger partial charge on any atom is -0.482 e. The lowest BCUT2D eigenvalue weighted by Crippen LogP contribution is -2.40. The van der Waals surface area contributed by atoms with Crippen molar-refractivity contribution in [3.63, 3.8) is 0 Å². The molecule has 0 spiro atoms. The van der Waals surface area contributed by atoms with Crippen LogP contribution in [0.15, 0.2) is 23.1 Å². The van der Waals surface area contributed by atoms with Gasteiger partial charge in [0.05, 0.1) is 24.7 Å². The van der Waals surface area contributed by atoms with Crippen LogP contribution in [0.25, 0.3) is 0 Å². The summed E-state index contributed by atoms with van der Waals surface area (Å²) >= 11 is 0. The van der Waals surface area contributed by atoms with Crippen molar-refractivity contribution in [2.75, 3.05) is 39.5 Å². The summed E-state index contributed by atoms with van der Waals surface area (Å²) in [6, 6.07) is 4.65. The number of sulfonamides is 1. The molecule has 7 nitrogen and oxygen atoms in total. The van der Waals surface area contributed by atoms with E-state index >= 15 is 0 Å². The lowest BCUT2D eigenvalue weighted by Gasteiger charge is -2.26. The summed E-state index contributed by atoms with van der Waals surface area (Å²) in [6.45, 7) is 5.00. The fourth-order valence-electron chi connectivity index (χ4n) is 2.27. The number of esters is 1. The van der Waals surface area contributed by atoms with E-state index in [4.69, 9.17) is 14.2 Å². The number of hydrogen-bond acceptors (Lipinski definition) is 6. The van der Waals surface area contributed by atoms with Crippen molar-refractivity contribution in [3.8, 4) is 5.75 Å². The van der Waals surface area contributed by atoms with Gasteiger partial charge in [-0.15, -0.1) is 0 Å². The van der Waals surface area contributed by atoms with Gasteiger partial charge in [0.25, 0.3) is 0 Å². The van der Waals surface area contributed by atoms with Gasteiger partial charge in [0.2, 0.25) is 10.0 Å². The van der Waals surface area contributed by atoms with Crippen LogP contribution in [0.5, 0.6) is 5.75 Å². The molecule has 8 heteroatoms. The second-order valence-corrected chi connectivity index (χ2v) is 6.94. The quantitative estimate of drug-likeness (QED) is 0.716. The Morgan fingerprint density at radius 1 is 1.30 bits per heavy atom. The summed E-state index contributed by atoms with van der Waals surface area (Å²) < 4.78 is 41.9. The van der Waals surface area contributed by atoms with E-state index in [1.54, 1.807) is 26.0 Å². The Morgan fingerprint density at radius 2 is 2.00 bits per heavy atom. The summed E-state index contributed by atoms with van der Waals surface area (Å²) in [5, 5.41) is 0. The molecule has 128 valence electrons. The number of hydrogen-bond donors (Lipinski definition) is 0. The number of ether oxygens (including phenoxy) is 3. The molecule has 1 aromatic carbocycles. The second kappa shape index (κ2) is 7.76. The van der Waals surface area contributed by atoms with Crippen LogP contribution in [-0.2, 0) is 24.3 Å². The third-order valence-corrected chi connectivity index (χ3v) is 5.46. The fraction of sp³-hybridized carbons (Fsp3) is 0.533. The number of morpholine rings is 1. The van der Waals surface area contributed by atoms with Gasteiger partial charge in [-0.25, -0.2) is 13.2 Å². The van der Waals surface area contributed by atoms with Crippen molar-refractivity contribution in [2.24, 2.45) is 0 Å². The molecule has 0 aliphatic carbocycles. The van der Waals surface area contributed by atoms with E-state index in [1.165, 1.54) is 10.4 Å². The lowest BCUT2D eigenvalue weighted by molar-refractivity contribution is -0.145. The van der Waals surface area contributed by atoms with Crippen LogP contribution in [0.1, 0.15) is 12.5 Å². The maximum atomic E-state index is 12.6. The Bertz CT molecular complexity index is 652. The van der Waals surface area contributed by atoms with Gasteiger partial charge >= 0.3 is 5.97 Å². The molecule has 1 aliphatic heterocycles. The maximum absolute atomic E-state index is 12.6. The first-order chi connectivity index (χ1) is 10.9. The van der Waals surface area contributed by atoms with Crippen LogP contribution in [0.3, 0.4) is 0 Å². The van der Waals surface area contributed by atoms with Crippen LogP contribution < -0.4 is 4.74 Å². The predicted octanol–water partition coefficient (Wildman–Crippen LogP) is 0.958. The molecule has 23 heavy (non-hydrogen) atoms. The normalized spacial score (nSPS) is 16.1. The van der Waals surface area contributed by atoms with Crippen LogP contribution in [0.2, 0.25) is 0 Å². The summed E-state index contributed by atoms with van der Waals surface area (Å²) in [5.41, 5.74) is 0.567. The van der Waals surface area contributed by atoms with Gasteiger partial charge in [-0.3, -0.25) is 0 Å². The van der Waals surface area contributed by atoms with Crippen molar-refractivity contribution < 1.29 is 27.4 Å². The minimum absolute atomic E-state index is 0.206. The number of carbonyl (C=O) groups is 1. The molecular weight excluding hydrogens is 322 g/mol. The van der Waals surface area contributed by atoms with E-state index in [0.29, 0.717) is 37.6 Å². The highest BCUT2D eigenvalue weighted by molar-refractivity contribution is 7.89. The zero-order valence-corrected chi connectivity index (χ0v) is 14.1. The Labute approximate surface area is 136 Å². The van der Waals surface area contributed by atoms with Gasteiger partial charge in [-0.2, -0.15) is 4.31 Å². The lowest BCUT2D eigenvalue weighted by atomic mass is 10.2. The molecule has 1 saturated heterocycles. The van der Waals surface area contributed by atoms with E-state index < -0.39 is 16.0 Å². The van der Waals surface area contributed by atoms with Gasteiger partial charge in [-0.1, -0.05) is 0 Å². The molecule has 2 rings (SSSR count). The number of rotatable bonds is 6. The van der Waals surface area contributed by atoms with Crippen molar-refractivity contribution >= 4 is 16.0 Å². The molecule has 0 atom stereocenters. The Hall–Kier alpha value is -1.64. The van der Waals surface area contributed by atoms with Crippen molar-refractivity contribution in [3.05, 3.63) is 23.8 Å². The molecule has 0 saturated carbocycles. The average molecular weight is 343 g/mol. The maximum Gasteiger partial charge on any atom is 0.344 e. The standard InChI is InChI=1S/C15H21NO6S/c1-3-21-15(17)11-22-13-4-5-14(12(2)10-13)23(18,19)16-6-8-20-9-7-16/h4-5,10H,3,6-9,11H2,1-2H3. The van der Waals surface area contributed by atoms with E-state index in [0.717, 1.165) is 0 Å².